The van der Waals surface area contributed by atoms with E-state index in [4.69, 9.17) is 4.42 Å². The van der Waals surface area contributed by atoms with Crippen molar-refractivity contribution < 1.29 is 9.21 Å². The molecule has 0 fully saturated rings. The molecule has 0 aliphatic carbocycles. The fraction of sp³-hybridized carbons (Fsp3) is 0.235. The third-order valence-corrected chi connectivity index (χ3v) is 3.57. The van der Waals surface area contributed by atoms with Gasteiger partial charge in [0.05, 0.1) is 23.6 Å². The molecule has 1 N–H and O–H groups in total. The smallest absolute Gasteiger partial charge is 0.258 e. The number of fused-ring (bicyclic) bond motifs is 1. The molecule has 0 radical (unpaired) electrons. The van der Waals surface area contributed by atoms with E-state index in [2.05, 4.69) is 23.8 Å². The van der Waals surface area contributed by atoms with Crippen LogP contribution in [0.5, 0.6) is 0 Å². The van der Waals surface area contributed by atoms with Crippen molar-refractivity contribution in [3.05, 3.63) is 64.1 Å². The minimum absolute atomic E-state index is 0.00459. The standard InChI is InChI=1S/C17H16N2O3/c1-10(2)11-5-6-13-12(8-11)17(21)19-16(18-13)9-14(20)15-4-3-7-22-15/h3-8,10H,9H2,1-2H3,(H,18,19,21). The lowest BCUT2D eigenvalue weighted by Gasteiger charge is -2.07. The van der Waals surface area contributed by atoms with E-state index in [0.29, 0.717) is 22.6 Å². The van der Waals surface area contributed by atoms with Crippen molar-refractivity contribution in [2.75, 3.05) is 0 Å². The highest BCUT2D eigenvalue weighted by molar-refractivity contribution is 5.94. The van der Waals surface area contributed by atoms with Gasteiger partial charge < -0.3 is 9.40 Å². The fourth-order valence-electron chi connectivity index (χ4n) is 2.32. The third kappa shape index (κ3) is 2.70. The van der Waals surface area contributed by atoms with Crippen LogP contribution in [0.2, 0.25) is 0 Å². The molecule has 3 rings (SSSR count). The Morgan fingerprint density at radius 2 is 2.14 bits per heavy atom. The molecule has 0 saturated carbocycles. The molecule has 0 aliphatic rings. The number of furan rings is 1. The van der Waals surface area contributed by atoms with Crippen LogP contribution in [0.3, 0.4) is 0 Å². The zero-order chi connectivity index (χ0) is 15.7. The molecule has 0 amide bonds. The predicted octanol–water partition coefficient (Wildman–Crippen LogP) is 3.06. The summed E-state index contributed by atoms with van der Waals surface area (Å²) >= 11 is 0. The number of Topliss-reactive ketones (excluding diaryl/α,β-unsaturated/α-hetero) is 1. The summed E-state index contributed by atoms with van der Waals surface area (Å²) in [5, 5.41) is 0.542. The summed E-state index contributed by atoms with van der Waals surface area (Å²) in [6.45, 7) is 4.14. The number of benzene rings is 1. The van der Waals surface area contributed by atoms with Crippen LogP contribution < -0.4 is 5.56 Å². The largest absolute Gasteiger partial charge is 0.461 e. The van der Waals surface area contributed by atoms with Crippen LogP contribution in [0.25, 0.3) is 10.9 Å². The van der Waals surface area contributed by atoms with Gasteiger partial charge in [-0.25, -0.2) is 4.98 Å². The number of aromatic amines is 1. The normalized spacial score (nSPS) is 11.2. The van der Waals surface area contributed by atoms with Crippen LogP contribution in [-0.4, -0.2) is 15.8 Å². The first-order valence-corrected chi connectivity index (χ1v) is 7.14. The molecule has 1 aromatic carbocycles. The van der Waals surface area contributed by atoms with Gasteiger partial charge in [0.1, 0.15) is 5.82 Å². The van der Waals surface area contributed by atoms with E-state index in [1.165, 1.54) is 6.26 Å². The average Bonchev–Trinajstić information content (AvgIpc) is 3.01. The first-order chi connectivity index (χ1) is 10.5. The van der Waals surface area contributed by atoms with E-state index in [9.17, 15) is 9.59 Å². The van der Waals surface area contributed by atoms with Crippen LogP contribution >= 0.6 is 0 Å². The lowest BCUT2D eigenvalue weighted by atomic mass is 10.0. The van der Waals surface area contributed by atoms with Gasteiger partial charge in [0.25, 0.3) is 5.56 Å². The molecule has 2 aromatic heterocycles. The van der Waals surface area contributed by atoms with Crippen LogP contribution in [0.15, 0.2) is 45.8 Å². The molecule has 5 nitrogen and oxygen atoms in total. The molecule has 2 heterocycles. The number of carbonyl (C=O) groups is 1. The first kappa shape index (κ1) is 14.3. The van der Waals surface area contributed by atoms with Crippen LogP contribution in [0.1, 0.15) is 41.7 Å². The minimum atomic E-state index is -0.227. The Bertz CT molecular complexity index is 877. The maximum Gasteiger partial charge on any atom is 0.258 e. The number of rotatable bonds is 4. The van der Waals surface area contributed by atoms with Crippen LogP contribution in [0, 0.1) is 0 Å². The number of nitrogens with one attached hydrogen (secondary N) is 1. The number of hydrogen-bond donors (Lipinski definition) is 1. The topological polar surface area (TPSA) is 76.0 Å². The molecule has 0 bridgehead atoms. The highest BCUT2D eigenvalue weighted by Gasteiger charge is 2.13. The number of carbonyl (C=O) groups excluding carboxylic acids is 1. The summed E-state index contributed by atoms with van der Waals surface area (Å²) < 4.78 is 5.06. The Kier molecular flexibility index (Phi) is 3.63. The maximum atomic E-state index is 12.2. The third-order valence-electron chi connectivity index (χ3n) is 3.57. The zero-order valence-corrected chi connectivity index (χ0v) is 12.4. The molecule has 5 heteroatoms. The summed E-state index contributed by atoms with van der Waals surface area (Å²) in [5.41, 5.74) is 1.45. The van der Waals surface area contributed by atoms with E-state index < -0.39 is 0 Å². The summed E-state index contributed by atoms with van der Waals surface area (Å²) in [5.74, 6) is 0.726. The molecule has 112 valence electrons. The molecule has 0 saturated heterocycles. The summed E-state index contributed by atoms with van der Waals surface area (Å²) in [6.07, 6.45) is 1.45. The van der Waals surface area contributed by atoms with Crippen molar-refractivity contribution in [3.8, 4) is 0 Å². The van der Waals surface area contributed by atoms with Crippen molar-refractivity contribution >= 4 is 16.7 Å². The van der Waals surface area contributed by atoms with Gasteiger partial charge in [-0.2, -0.15) is 0 Å². The molecule has 0 spiro atoms. The fourth-order valence-corrected chi connectivity index (χ4v) is 2.32. The van der Waals surface area contributed by atoms with Gasteiger partial charge in [-0.3, -0.25) is 9.59 Å². The Hall–Kier alpha value is -2.69. The van der Waals surface area contributed by atoms with Crippen molar-refractivity contribution in [2.24, 2.45) is 0 Å². The maximum absolute atomic E-state index is 12.2. The zero-order valence-electron chi connectivity index (χ0n) is 12.4. The van der Waals surface area contributed by atoms with Crippen molar-refractivity contribution in [1.29, 1.82) is 0 Å². The monoisotopic (exact) mass is 296 g/mol. The van der Waals surface area contributed by atoms with E-state index >= 15 is 0 Å². The van der Waals surface area contributed by atoms with E-state index in [0.717, 1.165) is 5.56 Å². The number of nitrogens with zero attached hydrogens (tertiary/aromatic N) is 1. The Labute approximate surface area is 127 Å². The second-order valence-electron chi connectivity index (χ2n) is 5.52. The van der Waals surface area contributed by atoms with Crippen LogP contribution in [0.4, 0.5) is 0 Å². The summed E-state index contributed by atoms with van der Waals surface area (Å²) in [7, 11) is 0. The molecule has 0 aliphatic heterocycles. The number of H-pyrrole nitrogens is 1. The Morgan fingerprint density at radius 1 is 1.32 bits per heavy atom. The molecular weight excluding hydrogens is 280 g/mol. The second-order valence-corrected chi connectivity index (χ2v) is 5.52. The quantitative estimate of drug-likeness (QED) is 0.751. The van der Waals surface area contributed by atoms with Gasteiger partial charge in [0, 0.05) is 0 Å². The average molecular weight is 296 g/mol. The summed E-state index contributed by atoms with van der Waals surface area (Å²) in [6, 6.07) is 8.87. The van der Waals surface area contributed by atoms with Crippen molar-refractivity contribution in [2.45, 2.75) is 26.2 Å². The van der Waals surface area contributed by atoms with Crippen molar-refractivity contribution in [1.82, 2.24) is 9.97 Å². The number of hydrogen-bond acceptors (Lipinski definition) is 4. The molecule has 0 unspecified atom stereocenters. The highest BCUT2D eigenvalue weighted by atomic mass is 16.3. The van der Waals surface area contributed by atoms with Crippen LogP contribution in [-0.2, 0) is 6.42 Å². The second kappa shape index (κ2) is 5.60. The van der Waals surface area contributed by atoms with Gasteiger partial charge in [-0.15, -0.1) is 0 Å². The number of ketones is 1. The van der Waals surface area contributed by atoms with Gasteiger partial charge >= 0.3 is 0 Å². The van der Waals surface area contributed by atoms with E-state index in [1.54, 1.807) is 12.1 Å². The molecule has 22 heavy (non-hydrogen) atoms. The minimum Gasteiger partial charge on any atom is -0.461 e. The summed E-state index contributed by atoms with van der Waals surface area (Å²) in [4.78, 5) is 31.3. The molecule has 0 atom stereocenters. The van der Waals surface area contributed by atoms with Gasteiger partial charge in [0.2, 0.25) is 5.78 Å². The van der Waals surface area contributed by atoms with Gasteiger partial charge in [0.15, 0.2) is 5.76 Å². The molecular formula is C17H16N2O3. The van der Waals surface area contributed by atoms with E-state index in [-0.39, 0.29) is 23.5 Å². The lowest BCUT2D eigenvalue weighted by molar-refractivity contribution is 0.0964. The lowest BCUT2D eigenvalue weighted by Crippen LogP contribution is -2.15. The van der Waals surface area contributed by atoms with Gasteiger partial charge in [-0.1, -0.05) is 19.9 Å². The number of aromatic nitrogens is 2. The first-order valence-electron chi connectivity index (χ1n) is 7.14. The SMILES string of the molecule is CC(C)c1ccc2nc(CC(=O)c3ccco3)[nH]c(=O)c2c1. The van der Waals surface area contributed by atoms with Gasteiger partial charge in [-0.05, 0) is 35.7 Å². The van der Waals surface area contributed by atoms with E-state index in [1.807, 2.05) is 18.2 Å². The van der Waals surface area contributed by atoms with Crippen molar-refractivity contribution in [3.63, 3.8) is 0 Å². The Morgan fingerprint density at radius 3 is 2.82 bits per heavy atom. The predicted molar refractivity (Wildman–Crippen MR) is 83.2 cm³/mol. The Balaban J connectivity index is 1.97. The highest BCUT2D eigenvalue weighted by Crippen LogP contribution is 2.18. The molecule has 3 aromatic rings.